The molecule has 1 aliphatic heterocycles. The Labute approximate surface area is 124 Å². The summed E-state index contributed by atoms with van der Waals surface area (Å²) in [5.41, 5.74) is 0. The zero-order valence-electron chi connectivity index (χ0n) is 12.0. The number of hydrogen-bond donors (Lipinski definition) is 2. The minimum atomic E-state index is -0.662. The zero-order valence-corrected chi connectivity index (χ0v) is 12.0. The molecule has 0 bridgehead atoms. The van der Waals surface area contributed by atoms with Gasteiger partial charge in [-0.3, -0.25) is 4.79 Å². The van der Waals surface area contributed by atoms with Crippen molar-refractivity contribution in [1.82, 2.24) is 5.32 Å². The summed E-state index contributed by atoms with van der Waals surface area (Å²) in [7, 11) is 0. The van der Waals surface area contributed by atoms with E-state index in [0.717, 1.165) is 37.3 Å². The van der Waals surface area contributed by atoms with Crippen molar-refractivity contribution in [2.45, 2.75) is 25.4 Å². The van der Waals surface area contributed by atoms with Crippen LogP contribution < -0.4 is 14.8 Å². The normalized spacial score (nSPS) is 27.5. The minimum Gasteiger partial charge on any atom is -0.486 e. The van der Waals surface area contributed by atoms with E-state index in [1.807, 2.05) is 24.3 Å². The number of carboxylic acids is 1. The second-order valence-electron chi connectivity index (χ2n) is 5.79. The van der Waals surface area contributed by atoms with Crippen LogP contribution in [0, 0.1) is 11.8 Å². The molecule has 3 rings (SSSR count). The van der Waals surface area contributed by atoms with Crippen LogP contribution in [-0.2, 0) is 4.79 Å². The Kier molecular flexibility index (Phi) is 4.29. The Morgan fingerprint density at radius 3 is 2.86 bits per heavy atom. The fraction of sp³-hybridized carbons (Fsp3) is 0.562. The summed E-state index contributed by atoms with van der Waals surface area (Å²) in [6.45, 7) is 1.94. The molecule has 3 atom stereocenters. The Balaban J connectivity index is 1.45. The van der Waals surface area contributed by atoms with Crippen LogP contribution in [0.2, 0.25) is 0 Å². The molecule has 2 N–H and O–H groups in total. The molecule has 114 valence electrons. The van der Waals surface area contributed by atoms with Gasteiger partial charge >= 0.3 is 5.97 Å². The molecular weight excluding hydrogens is 270 g/mol. The van der Waals surface area contributed by atoms with Gasteiger partial charge < -0.3 is 19.9 Å². The average molecular weight is 291 g/mol. The van der Waals surface area contributed by atoms with Gasteiger partial charge in [0.2, 0.25) is 0 Å². The molecule has 2 aliphatic rings. The molecule has 0 spiro atoms. The van der Waals surface area contributed by atoms with Gasteiger partial charge in [0.05, 0.1) is 5.92 Å². The van der Waals surface area contributed by atoms with E-state index in [4.69, 9.17) is 14.6 Å². The molecule has 3 unspecified atom stereocenters. The molecule has 1 saturated carbocycles. The molecule has 1 aromatic rings. The first kappa shape index (κ1) is 14.2. The highest BCUT2D eigenvalue weighted by Gasteiger charge is 2.32. The Morgan fingerprint density at radius 2 is 2.05 bits per heavy atom. The van der Waals surface area contributed by atoms with Gasteiger partial charge in [-0.05, 0) is 37.4 Å². The fourth-order valence-corrected chi connectivity index (χ4v) is 3.20. The summed E-state index contributed by atoms with van der Waals surface area (Å²) in [5.74, 6) is 0.946. The first-order valence-corrected chi connectivity index (χ1v) is 7.56. The number of aliphatic carboxylic acids is 1. The lowest BCUT2D eigenvalue weighted by Crippen LogP contribution is -2.40. The maximum absolute atomic E-state index is 11.1. The number of carboxylic acid groups (broad SMARTS) is 1. The van der Waals surface area contributed by atoms with Gasteiger partial charge in [0.25, 0.3) is 0 Å². The van der Waals surface area contributed by atoms with Crippen LogP contribution in [0.15, 0.2) is 24.3 Å². The lowest BCUT2D eigenvalue weighted by molar-refractivity contribution is -0.142. The van der Waals surface area contributed by atoms with Gasteiger partial charge in [-0.15, -0.1) is 0 Å². The van der Waals surface area contributed by atoms with Crippen LogP contribution in [0.4, 0.5) is 0 Å². The van der Waals surface area contributed by atoms with Crippen molar-refractivity contribution in [2.75, 3.05) is 19.7 Å². The van der Waals surface area contributed by atoms with Crippen molar-refractivity contribution >= 4 is 5.97 Å². The summed E-state index contributed by atoms with van der Waals surface area (Å²) in [4.78, 5) is 11.1. The predicted molar refractivity (Wildman–Crippen MR) is 77.7 cm³/mol. The van der Waals surface area contributed by atoms with E-state index in [9.17, 15) is 4.79 Å². The number of fused-ring (bicyclic) bond motifs is 1. The number of ether oxygens (including phenoxy) is 2. The average Bonchev–Trinajstić information content (AvgIpc) is 2.96. The van der Waals surface area contributed by atoms with Crippen molar-refractivity contribution in [1.29, 1.82) is 0 Å². The van der Waals surface area contributed by atoms with Crippen LogP contribution in [0.3, 0.4) is 0 Å². The molecule has 5 heteroatoms. The van der Waals surface area contributed by atoms with Crippen LogP contribution >= 0.6 is 0 Å². The molecule has 1 aliphatic carbocycles. The predicted octanol–water partition coefficient (Wildman–Crippen LogP) is 1.92. The molecule has 5 nitrogen and oxygen atoms in total. The number of nitrogens with one attached hydrogen (secondary N) is 1. The topological polar surface area (TPSA) is 67.8 Å². The largest absolute Gasteiger partial charge is 0.486 e. The third kappa shape index (κ3) is 3.29. The van der Waals surface area contributed by atoms with Crippen LogP contribution in [-0.4, -0.2) is 36.9 Å². The lowest BCUT2D eigenvalue weighted by Gasteiger charge is -2.27. The zero-order chi connectivity index (χ0) is 14.7. The van der Waals surface area contributed by atoms with E-state index in [-0.39, 0.29) is 17.9 Å². The first-order valence-electron chi connectivity index (χ1n) is 7.56. The summed E-state index contributed by atoms with van der Waals surface area (Å²) in [5, 5.41) is 12.5. The molecule has 1 fully saturated rings. The third-order valence-corrected chi connectivity index (χ3v) is 4.32. The SMILES string of the molecule is O=C(O)C1CCCC1CNCC1COc2ccccc2O1. The van der Waals surface area contributed by atoms with Crippen molar-refractivity contribution < 1.29 is 19.4 Å². The van der Waals surface area contributed by atoms with Gasteiger partial charge in [0.15, 0.2) is 11.5 Å². The Hall–Kier alpha value is -1.75. The number of hydrogen-bond acceptors (Lipinski definition) is 4. The molecule has 0 saturated heterocycles. The highest BCUT2D eigenvalue weighted by Crippen LogP contribution is 2.32. The summed E-state index contributed by atoms with van der Waals surface area (Å²) in [6, 6.07) is 7.65. The van der Waals surface area contributed by atoms with Crippen molar-refractivity contribution in [2.24, 2.45) is 11.8 Å². The molecule has 0 radical (unpaired) electrons. The first-order chi connectivity index (χ1) is 10.2. The lowest BCUT2D eigenvalue weighted by atomic mass is 9.96. The van der Waals surface area contributed by atoms with Gasteiger partial charge in [-0.1, -0.05) is 18.6 Å². The van der Waals surface area contributed by atoms with Gasteiger partial charge in [0, 0.05) is 6.54 Å². The number of rotatable bonds is 5. The van der Waals surface area contributed by atoms with E-state index >= 15 is 0 Å². The fourth-order valence-electron chi connectivity index (χ4n) is 3.20. The van der Waals surface area contributed by atoms with Crippen LogP contribution in [0.5, 0.6) is 11.5 Å². The molecule has 1 aromatic carbocycles. The van der Waals surface area contributed by atoms with Crippen molar-refractivity contribution in [3.05, 3.63) is 24.3 Å². The molecule has 0 aromatic heterocycles. The summed E-state index contributed by atoms with van der Waals surface area (Å²) >= 11 is 0. The molecular formula is C16H21NO4. The quantitative estimate of drug-likeness (QED) is 0.867. The second-order valence-corrected chi connectivity index (χ2v) is 5.79. The minimum absolute atomic E-state index is 0.0235. The van der Waals surface area contributed by atoms with E-state index < -0.39 is 5.97 Å². The molecule has 1 heterocycles. The third-order valence-electron chi connectivity index (χ3n) is 4.32. The van der Waals surface area contributed by atoms with Crippen molar-refractivity contribution in [3.8, 4) is 11.5 Å². The van der Waals surface area contributed by atoms with E-state index in [0.29, 0.717) is 13.2 Å². The molecule has 21 heavy (non-hydrogen) atoms. The summed E-state index contributed by atoms with van der Waals surface area (Å²) < 4.78 is 11.5. The van der Waals surface area contributed by atoms with Gasteiger partial charge in [-0.25, -0.2) is 0 Å². The Morgan fingerprint density at radius 1 is 1.24 bits per heavy atom. The van der Waals surface area contributed by atoms with Crippen LogP contribution in [0.25, 0.3) is 0 Å². The summed E-state index contributed by atoms with van der Waals surface area (Å²) in [6.07, 6.45) is 2.79. The van der Waals surface area contributed by atoms with E-state index in [2.05, 4.69) is 5.32 Å². The van der Waals surface area contributed by atoms with Crippen LogP contribution in [0.1, 0.15) is 19.3 Å². The smallest absolute Gasteiger partial charge is 0.306 e. The maximum atomic E-state index is 11.1. The standard InChI is InChI=1S/C16H21NO4/c18-16(19)13-5-3-4-11(13)8-17-9-12-10-20-14-6-1-2-7-15(14)21-12/h1-2,6-7,11-13,17H,3-5,8-10H2,(H,18,19). The van der Waals surface area contributed by atoms with Gasteiger partial charge in [-0.2, -0.15) is 0 Å². The number of para-hydroxylation sites is 2. The second kappa shape index (κ2) is 6.35. The maximum Gasteiger partial charge on any atom is 0.306 e. The van der Waals surface area contributed by atoms with Crippen molar-refractivity contribution in [3.63, 3.8) is 0 Å². The van der Waals surface area contributed by atoms with Gasteiger partial charge in [0.1, 0.15) is 12.7 Å². The highest BCUT2D eigenvalue weighted by molar-refractivity contribution is 5.70. The van der Waals surface area contributed by atoms with E-state index in [1.54, 1.807) is 0 Å². The number of carbonyl (C=O) groups is 1. The number of benzene rings is 1. The molecule has 0 amide bonds. The monoisotopic (exact) mass is 291 g/mol. The van der Waals surface area contributed by atoms with E-state index in [1.165, 1.54) is 0 Å². The highest BCUT2D eigenvalue weighted by atomic mass is 16.6. The Bertz CT molecular complexity index is 505.